The van der Waals surface area contributed by atoms with E-state index in [9.17, 15) is 4.39 Å². The number of hydrogen-bond acceptors (Lipinski definition) is 1. The van der Waals surface area contributed by atoms with Gasteiger partial charge in [-0.15, -0.1) is 11.6 Å². The third kappa shape index (κ3) is 2.73. The first kappa shape index (κ1) is 14.6. The highest BCUT2D eigenvalue weighted by molar-refractivity contribution is 6.32. The average molecular weight is 344 g/mol. The Hall–Kier alpha value is -1.29. The number of nitrogens with zero attached hydrogens (tertiary/aromatic N) is 2. The largest absolute Gasteiger partial charge is 0.295 e. The second-order valence-corrected chi connectivity index (χ2v) is 5.75. The van der Waals surface area contributed by atoms with Crippen LogP contribution in [-0.4, -0.2) is 15.4 Å². The molecule has 2 aromatic carbocycles. The predicted octanol–water partition coefficient (Wildman–Crippen LogP) is 5.25. The number of benzene rings is 2. The van der Waals surface area contributed by atoms with Gasteiger partial charge in [0.15, 0.2) is 0 Å². The molecule has 1 aromatic heterocycles. The third-order valence-corrected chi connectivity index (χ3v) is 3.88. The fourth-order valence-corrected chi connectivity index (χ4v) is 2.87. The monoisotopic (exact) mass is 342 g/mol. The lowest BCUT2D eigenvalue weighted by molar-refractivity contribution is 0.627. The van der Waals surface area contributed by atoms with Crippen LogP contribution >= 0.6 is 34.8 Å². The van der Waals surface area contributed by atoms with Crippen LogP contribution in [0, 0.1) is 5.82 Å². The van der Waals surface area contributed by atoms with Gasteiger partial charge >= 0.3 is 0 Å². The van der Waals surface area contributed by atoms with Gasteiger partial charge in [0.1, 0.15) is 11.6 Å². The first-order valence-corrected chi connectivity index (χ1v) is 7.57. The lowest BCUT2D eigenvalue weighted by Crippen LogP contribution is -2.03. The molecule has 0 amide bonds. The molecule has 0 saturated heterocycles. The zero-order valence-electron chi connectivity index (χ0n) is 10.8. The second-order valence-electron chi connectivity index (χ2n) is 4.53. The van der Waals surface area contributed by atoms with Gasteiger partial charge < -0.3 is 0 Å². The van der Waals surface area contributed by atoms with Crippen LogP contribution in [-0.2, 0) is 6.42 Å². The van der Waals surface area contributed by atoms with E-state index in [1.54, 1.807) is 18.2 Å². The number of halogens is 4. The quantitative estimate of drug-likeness (QED) is 0.594. The zero-order valence-corrected chi connectivity index (χ0v) is 13.1. The third-order valence-electron chi connectivity index (χ3n) is 3.15. The summed E-state index contributed by atoms with van der Waals surface area (Å²) in [5, 5.41) is 0.926. The number of rotatable bonds is 3. The number of imidazole rings is 1. The molecule has 3 rings (SSSR count). The summed E-state index contributed by atoms with van der Waals surface area (Å²) in [7, 11) is 0. The molecule has 0 radical (unpaired) electrons. The van der Waals surface area contributed by atoms with Gasteiger partial charge in [0.25, 0.3) is 0 Å². The van der Waals surface area contributed by atoms with Crippen LogP contribution in [0.1, 0.15) is 5.82 Å². The fourth-order valence-electron chi connectivity index (χ4n) is 2.29. The van der Waals surface area contributed by atoms with Crippen LogP contribution in [0.4, 0.5) is 4.39 Å². The molecule has 1 heterocycles. The lowest BCUT2D eigenvalue weighted by atomic mass is 10.2. The van der Waals surface area contributed by atoms with Gasteiger partial charge in [-0.1, -0.05) is 23.2 Å². The molecule has 6 heteroatoms. The van der Waals surface area contributed by atoms with Crippen molar-refractivity contribution in [2.24, 2.45) is 0 Å². The van der Waals surface area contributed by atoms with E-state index < -0.39 is 0 Å². The van der Waals surface area contributed by atoms with Crippen LogP contribution in [0.3, 0.4) is 0 Å². The highest BCUT2D eigenvalue weighted by atomic mass is 35.5. The van der Waals surface area contributed by atoms with Crippen LogP contribution < -0.4 is 0 Å². The van der Waals surface area contributed by atoms with E-state index in [1.807, 2.05) is 10.6 Å². The molecule has 21 heavy (non-hydrogen) atoms. The molecule has 0 spiro atoms. The van der Waals surface area contributed by atoms with Gasteiger partial charge in [-0.3, -0.25) is 4.57 Å². The summed E-state index contributed by atoms with van der Waals surface area (Å²) in [4.78, 5) is 4.54. The van der Waals surface area contributed by atoms with Gasteiger partial charge in [-0.05, 0) is 36.4 Å². The normalized spacial score (nSPS) is 11.2. The Kier molecular flexibility index (Phi) is 4.07. The number of hydrogen-bond donors (Lipinski definition) is 0. The highest BCUT2D eigenvalue weighted by Crippen LogP contribution is 2.29. The molecule has 0 atom stereocenters. The van der Waals surface area contributed by atoms with E-state index in [1.165, 1.54) is 12.1 Å². The van der Waals surface area contributed by atoms with Crippen molar-refractivity contribution in [3.05, 3.63) is 58.1 Å². The average Bonchev–Trinajstić information content (AvgIpc) is 2.76. The molecular weight excluding hydrogens is 334 g/mol. The van der Waals surface area contributed by atoms with Crippen molar-refractivity contribution >= 4 is 45.8 Å². The molecule has 2 nitrogen and oxygen atoms in total. The SMILES string of the molecule is Fc1ccc(-n2c(CCCl)nc3cc(Cl)ccc32)c(Cl)c1. The molecule has 3 aromatic rings. The molecule has 0 N–H and O–H groups in total. The minimum Gasteiger partial charge on any atom is -0.295 e. The molecule has 0 bridgehead atoms. The molecule has 0 aliphatic rings. The van der Waals surface area contributed by atoms with Crippen molar-refractivity contribution in [1.82, 2.24) is 9.55 Å². The van der Waals surface area contributed by atoms with Gasteiger partial charge in [-0.2, -0.15) is 0 Å². The van der Waals surface area contributed by atoms with E-state index in [0.29, 0.717) is 28.0 Å². The second kappa shape index (κ2) is 5.84. The van der Waals surface area contributed by atoms with Gasteiger partial charge in [-0.25, -0.2) is 9.37 Å². The number of aromatic nitrogens is 2. The van der Waals surface area contributed by atoms with Crippen LogP contribution in [0.15, 0.2) is 36.4 Å². The summed E-state index contributed by atoms with van der Waals surface area (Å²) >= 11 is 18.0. The number of fused-ring (bicyclic) bond motifs is 1. The van der Waals surface area contributed by atoms with Gasteiger partial charge in [0.05, 0.1) is 21.7 Å². The van der Waals surface area contributed by atoms with Crippen molar-refractivity contribution in [2.45, 2.75) is 6.42 Å². The molecular formula is C15H10Cl3FN2. The van der Waals surface area contributed by atoms with Crippen LogP contribution in [0.2, 0.25) is 10.0 Å². The topological polar surface area (TPSA) is 17.8 Å². The van der Waals surface area contributed by atoms with Crippen molar-refractivity contribution in [3.8, 4) is 5.69 Å². The van der Waals surface area contributed by atoms with E-state index in [-0.39, 0.29) is 5.82 Å². The Balaban J connectivity index is 2.30. The van der Waals surface area contributed by atoms with Crippen LogP contribution in [0.25, 0.3) is 16.7 Å². The molecule has 0 fully saturated rings. The van der Waals surface area contributed by atoms with Gasteiger partial charge in [0.2, 0.25) is 0 Å². The smallest absolute Gasteiger partial charge is 0.124 e. The van der Waals surface area contributed by atoms with E-state index >= 15 is 0 Å². The zero-order chi connectivity index (χ0) is 15.0. The summed E-state index contributed by atoms with van der Waals surface area (Å²) in [6.45, 7) is 0. The number of alkyl halides is 1. The first-order chi connectivity index (χ1) is 10.1. The molecule has 0 aliphatic heterocycles. The molecule has 0 unspecified atom stereocenters. The van der Waals surface area contributed by atoms with Crippen molar-refractivity contribution in [3.63, 3.8) is 0 Å². The van der Waals surface area contributed by atoms with E-state index in [4.69, 9.17) is 34.8 Å². The Labute approximate surface area is 136 Å². The lowest BCUT2D eigenvalue weighted by Gasteiger charge is -2.10. The molecule has 0 aliphatic carbocycles. The summed E-state index contributed by atoms with van der Waals surface area (Å²) in [5.74, 6) is 0.807. The van der Waals surface area contributed by atoms with E-state index in [2.05, 4.69) is 4.98 Å². The van der Waals surface area contributed by atoms with Crippen molar-refractivity contribution in [1.29, 1.82) is 0 Å². The highest BCUT2D eigenvalue weighted by Gasteiger charge is 2.15. The van der Waals surface area contributed by atoms with Crippen LogP contribution in [0.5, 0.6) is 0 Å². The number of aryl methyl sites for hydroxylation is 1. The minimum absolute atomic E-state index is 0.320. The van der Waals surface area contributed by atoms with Crippen molar-refractivity contribution in [2.75, 3.05) is 5.88 Å². The minimum atomic E-state index is -0.380. The summed E-state index contributed by atoms with van der Waals surface area (Å²) in [5.41, 5.74) is 2.28. The summed E-state index contributed by atoms with van der Waals surface area (Å²) in [6, 6.07) is 9.70. The maximum atomic E-state index is 13.3. The Morgan fingerprint density at radius 3 is 2.62 bits per heavy atom. The van der Waals surface area contributed by atoms with Gasteiger partial charge in [0, 0.05) is 17.3 Å². The Bertz CT molecular complexity index is 814. The summed E-state index contributed by atoms with van der Waals surface area (Å²) < 4.78 is 15.1. The maximum Gasteiger partial charge on any atom is 0.124 e. The van der Waals surface area contributed by atoms with E-state index in [0.717, 1.165) is 16.9 Å². The molecule has 0 saturated carbocycles. The Morgan fingerprint density at radius 1 is 1.10 bits per heavy atom. The maximum absolute atomic E-state index is 13.3. The predicted molar refractivity (Wildman–Crippen MR) is 85.5 cm³/mol. The Morgan fingerprint density at radius 2 is 1.90 bits per heavy atom. The summed E-state index contributed by atoms with van der Waals surface area (Å²) in [6.07, 6.45) is 0.571. The molecule has 108 valence electrons. The first-order valence-electron chi connectivity index (χ1n) is 6.28. The standard InChI is InChI=1S/C15H10Cl3FN2/c16-6-5-15-20-12-7-9(17)1-3-14(12)21(15)13-4-2-10(19)8-11(13)18/h1-4,7-8H,5-6H2. The van der Waals surface area contributed by atoms with Crippen molar-refractivity contribution < 1.29 is 4.39 Å². The fraction of sp³-hybridized carbons (Fsp3) is 0.133.